The summed E-state index contributed by atoms with van der Waals surface area (Å²) in [5.74, 6) is -1.34. The quantitative estimate of drug-likeness (QED) is 0.733. The van der Waals surface area contributed by atoms with Crippen LogP contribution in [0.15, 0.2) is 18.2 Å². The number of benzene rings is 1. The van der Waals surface area contributed by atoms with Crippen molar-refractivity contribution >= 4 is 5.97 Å². The normalized spacial score (nSPS) is 10.7. The summed E-state index contributed by atoms with van der Waals surface area (Å²) in [5, 5.41) is 0. The highest BCUT2D eigenvalue weighted by Gasteiger charge is 2.13. The number of carbonyl (C=O) groups excluding carboxylic acids is 1. The molecule has 0 bridgehead atoms. The topological polar surface area (TPSA) is 29.5 Å². The number of carbonyl (C=O) groups is 1. The van der Waals surface area contributed by atoms with Crippen LogP contribution in [-0.4, -0.2) is 31.1 Å². The average molecular weight is 257 g/mol. The first-order chi connectivity index (χ1) is 8.56. The van der Waals surface area contributed by atoms with Gasteiger partial charge in [-0.25, -0.2) is 8.78 Å². The number of ether oxygens (including phenoxy) is 1. The molecule has 0 saturated carbocycles. The molecule has 0 spiro atoms. The van der Waals surface area contributed by atoms with Gasteiger partial charge in [0.1, 0.15) is 11.6 Å². The zero-order valence-electron chi connectivity index (χ0n) is 10.6. The second-order valence-electron chi connectivity index (χ2n) is 4.02. The molecule has 0 saturated heterocycles. The van der Waals surface area contributed by atoms with Crippen molar-refractivity contribution in [2.24, 2.45) is 0 Å². The number of rotatable bonds is 6. The summed E-state index contributed by atoms with van der Waals surface area (Å²) >= 11 is 0. The van der Waals surface area contributed by atoms with Gasteiger partial charge in [-0.1, -0.05) is 6.92 Å². The Morgan fingerprint density at radius 3 is 2.72 bits per heavy atom. The Morgan fingerprint density at radius 1 is 1.39 bits per heavy atom. The molecule has 0 atom stereocenters. The summed E-state index contributed by atoms with van der Waals surface area (Å²) in [4.78, 5) is 12.9. The van der Waals surface area contributed by atoms with Crippen molar-refractivity contribution in [3.8, 4) is 0 Å². The van der Waals surface area contributed by atoms with E-state index in [-0.39, 0.29) is 24.6 Å². The predicted molar refractivity (Wildman–Crippen MR) is 63.9 cm³/mol. The van der Waals surface area contributed by atoms with Crippen LogP contribution >= 0.6 is 0 Å². The van der Waals surface area contributed by atoms with Gasteiger partial charge in [0.25, 0.3) is 0 Å². The first kappa shape index (κ1) is 14.6. The molecule has 0 aromatic heterocycles. The van der Waals surface area contributed by atoms with Crippen molar-refractivity contribution < 1.29 is 18.3 Å². The maximum atomic E-state index is 13.5. The van der Waals surface area contributed by atoms with Crippen LogP contribution in [0.2, 0.25) is 0 Å². The third kappa shape index (κ3) is 4.41. The molecule has 0 amide bonds. The van der Waals surface area contributed by atoms with Crippen LogP contribution in [0.1, 0.15) is 18.9 Å². The molecule has 0 radical (unpaired) electrons. The van der Waals surface area contributed by atoms with E-state index in [1.165, 1.54) is 7.11 Å². The zero-order valence-corrected chi connectivity index (χ0v) is 10.6. The van der Waals surface area contributed by atoms with Crippen LogP contribution < -0.4 is 0 Å². The number of nitrogens with zero attached hydrogens (tertiary/aromatic N) is 1. The third-order valence-corrected chi connectivity index (χ3v) is 2.52. The average Bonchev–Trinajstić information content (AvgIpc) is 2.34. The minimum Gasteiger partial charge on any atom is -0.468 e. The molecule has 1 aromatic rings. The van der Waals surface area contributed by atoms with Gasteiger partial charge >= 0.3 is 5.97 Å². The van der Waals surface area contributed by atoms with Crippen LogP contribution in [0.5, 0.6) is 0 Å². The summed E-state index contributed by atoms with van der Waals surface area (Å²) in [7, 11) is 1.30. The zero-order chi connectivity index (χ0) is 13.5. The molecule has 18 heavy (non-hydrogen) atoms. The minimum atomic E-state index is -0.485. The molecule has 0 aliphatic carbocycles. The second-order valence-corrected chi connectivity index (χ2v) is 4.02. The van der Waals surface area contributed by atoms with Gasteiger partial charge in [0.05, 0.1) is 13.7 Å². The Labute approximate surface area is 105 Å². The molecule has 0 aliphatic rings. The number of methoxy groups -OCH3 is 1. The van der Waals surface area contributed by atoms with E-state index in [4.69, 9.17) is 0 Å². The summed E-state index contributed by atoms with van der Waals surface area (Å²) in [6.45, 7) is 2.82. The number of hydrogen-bond acceptors (Lipinski definition) is 3. The van der Waals surface area contributed by atoms with Gasteiger partial charge < -0.3 is 4.74 Å². The Morgan fingerprint density at radius 2 is 2.11 bits per heavy atom. The summed E-state index contributed by atoms with van der Waals surface area (Å²) < 4.78 is 31.1. The van der Waals surface area contributed by atoms with Gasteiger partial charge in [0.2, 0.25) is 0 Å². The fourth-order valence-electron chi connectivity index (χ4n) is 1.68. The molecule has 0 unspecified atom stereocenters. The lowest BCUT2D eigenvalue weighted by Gasteiger charge is -2.20. The monoisotopic (exact) mass is 257 g/mol. The van der Waals surface area contributed by atoms with Gasteiger partial charge in [-0.05, 0) is 31.2 Å². The summed E-state index contributed by atoms with van der Waals surface area (Å²) in [6, 6.07) is 3.31. The SMILES string of the molecule is CCCN(CC(=O)OC)Cc1cc(F)ccc1F. The van der Waals surface area contributed by atoms with Crippen LogP contribution in [-0.2, 0) is 16.1 Å². The number of esters is 1. The Balaban J connectivity index is 2.75. The largest absolute Gasteiger partial charge is 0.468 e. The standard InChI is InChI=1S/C13H17F2NO2/c1-3-6-16(9-13(17)18-2)8-10-7-11(14)4-5-12(10)15/h4-5,7H,3,6,8-9H2,1-2H3. The summed E-state index contributed by atoms with van der Waals surface area (Å²) in [5.41, 5.74) is 0.243. The molecule has 1 aromatic carbocycles. The van der Waals surface area contributed by atoms with Crippen molar-refractivity contribution in [2.45, 2.75) is 19.9 Å². The molecular formula is C13H17F2NO2. The third-order valence-electron chi connectivity index (χ3n) is 2.52. The van der Waals surface area contributed by atoms with Gasteiger partial charge in [0, 0.05) is 12.1 Å². The van der Waals surface area contributed by atoms with Crippen molar-refractivity contribution in [2.75, 3.05) is 20.2 Å². The first-order valence-electron chi connectivity index (χ1n) is 5.80. The Kier molecular flexibility index (Phi) is 5.71. The molecular weight excluding hydrogens is 240 g/mol. The van der Waals surface area contributed by atoms with Gasteiger partial charge in [0.15, 0.2) is 0 Å². The van der Waals surface area contributed by atoms with E-state index in [0.29, 0.717) is 6.54 Å². The molecule has 0 aliphatic heterocycles. The lowest BCUT2D eigenvalue weighted by molar-refractivity contribution is -0.142. The predicted octanol–water partition coefficient (Wildman–Crippen LogP) is 2.35. The number of halogens is 2. The van der Waals surface area contributed by atoms with E-state index >= 15 is 0 Å². The molecule has 0 N–H and O–H groups in total. The summed E-state index contributed by atoms with van der Waals surface area (Å²) in [6.07, 6.45) is 0.813. The van der Waals surface area contributed by atoms with Gasteiger partial charge in [-0.15, -0.1) is 0 Å². The van der Waals surface area contributed by atoms with Crippen LogP contribution in [0, 0.1) is 11.6 Å². The first-order valence-corrected chi connectivity index (χ1v) is 5.80. The van der Waals surface area contributed by atoms with E-state index < -0.39 is 11.6 Å². The van der Waals surface area contributed by atoms with Gasteiger partial charge in [-0.2, -0.15) is 0 Å². The maximum absolute atomic E-state index is 13.5. The smallest absolute Gasteiger partial charge is 0.319 e. The molecule has 5 heteroatoms. The van der Waals surface area contributed by atoms with E-state index in [1.807, 2.05) is 6.92 Å². The Hall–Kier alpha value is -1.49. The molecule has 3 nitrogen and oxygen atoms in total. The van der Waals surface area contributed by atoms with E-state index in [0.717, 1.165) is 24.6 Å². The Bertz CT molecular complexity index is 410. The lowest BCUT2D eigenvalue weighted by atomic mass is 10.2. The second kappa shape index (κ2) is 7.06. The fraction of sp³-hybridized carbons (Fsp3) is 0.462. The number of hydrogen-bond donors (Lipinski definition) is 0. The van der Waals surface area contributed by atoms with Crippen LogP contribution in [0.4, 0.5) is 8.78 Å². The minimum absolute atomic E-state index is 0.0697. The fourth-order valence-corrected chi connectivity index (χ4v) is 1.68. The van der Waals surface area contributed by atoms with Crippen molar-refractivity contribution in [3.05, 3.63) is 35.4 Å². The van der Waals surface area contributed by atoms with E-state index in [1.54, 1.807) is 4.90 Å². The van der Waals surface area contributed by atoms with E-state index in [2.05, 4.69) is 4.74 Å². The van der Waals surface area contributed by atoms with E-state index in [9.17, 15) is 13.6 Å². The van der Waals surface area contributed by atoms with Crippen molar-refractivity contribution in [1.29, 1.82) is 0 Å². The maximum Gasteiger partial charge on any atom is 0.319 e. The molecule has 0 heterocycles. The molecule has 100 valence electrons. The highest BCUT2D eigenvalue weighted by molar-refractivity contribution is 5.71. The van der Waals surface area contributed by atoms with Crippen molar-refractivity contribution in [1.82, 2.24) is 4.90 Å². The highest BCUT2D eigenvalue weighted by atomic mass is 19.1. The van der Waals surface area contributed by atoms with Gasteiger partial charge in [-0.3, -0.25) is 9.69 Å². The van der Waals surface area contributed by atoms with Crippen molar-refractivity contribution in [3.63, 3.8) is 0 Å². The lowest BCUT2D eigenvalue weighted by Crippen LogP contribution is -2.31. The molecule has 1 rings (SSSR count). The molecule has 0 fully saturated rings. The van der Waals surface area contributed by atoms with Crippen LogP contribution in [0.25, 0.3) is 0 Å². The van der Waals surface area contributed by atoms with Crippen LogP contribution in [0.3, 0.4) is 0 Å². The highest BCUT2D eigenvalue weighted by Crippen LogP contribution is 2.12.